The van der Waals surface area contributed by atoms with Gasteiger partial charge in [-0.05, 0) is 29.7 Å². The van der Waals surface area contributed by atoms with E-state index in [1.165, 1.54) is 0 Å². The van der Waals surface area contributed by atoms with Crippen LogP contribution in [0.3, 0.4) is 0 Å². The number of hydrogen-bond acceptors (Lipinski definition) is 2. The van der Waals surface area contributed by atoms with Gasteiger partial charge in [0.2, 0.25) is 0 Å². The molecule has 0 saturated heterocycles. The molecule has 1 aromatic heterocycles. The summed E-state index contributed by atoms with van der Waals surface area (Å²) in [6.07, 6.45) is 4.09. The minimum atomic E-state index is -0.0868. The molecule has 2 rings (SSSR count). The van der Waals surface area contributed by atoms with Crippen molar-refractivity contribution in [1.29, 1.82) is 0 Å². The van der Waals surface area contributed by atoms with E-state index < -0.39 is 0 Å². The largest absolute Gasteiger partial charge is 0.472 e. The Morgan fingerprint density at radius 3 is 2.73 bits per heavy atom. The molecule has 0 spiro atoms. The summed E-state index contributed by atoms with van der Waals surface area (Å²) in [5.74, 6) is 0. The molecule has 0 radical (unpaired) electrons. The number of halogens is 1. The Hall–Kier alpha value is -1.25. The van der Waals surface area contributed by atoms with E-state index in [9.17, 15) is 0 Å². The van der Waals surface area contributed by atoms with Crippen LogP contribution in [0, 0.1) is 0 Å². The van der Waals surface area contributed by atoms with Gasteiger partial charge in [-0.1, -0.05) is 29.8 Å². The van der Waals surface area contributed by atoms with Gasteiger partial charge in [0.25, 0.3) is 0 Å². The molecule has 0 bridgehead atoms. The second-order valence-electron chi connectivity index (χ2n) is 3.46. The van der Waals surface area contributed by atoms with E-state index >= 15 is 0 Å². The van der Waals surface area contributed by atoms with Gasteiger partial charge in [0.1, 0.15) is 0 Å². The summed E-state index contributed by atoms with van der Waals surface area (Å²) < 4.78 is 4.99. The summed E-state index contributed by atoms with van der Waals surface area (Å²) in [4.78, 5) is 0. The van der Waals surface area contributed by atoms with E-state index in [0.717, 1.165) is 17.5 Å². The highest BCUT2D eigenvalue weighted by atomic mass is 35.5. The van der Waals surface area contributed by atoms with Gasteiger partial charge in [0.05, 0.1) is 12.5 Å². The van der Waals surface area contributed by atoms with Crippen molar-refractivity contribution in [2.24, 2.45) is 5.73 Å². The maximum Gasteiger partial charge on any atom is 0.0935 e. The first kappa shape index (κ1) is 10.3. The zero-order valence-electron chi connectivity index (χ0n) is 8.19. The lowest BCUT2D eigenvalue weighted by molar-refractivity contribution is 0.561. The third-order valence-corrected chi connectivity index (χ3v) is 2.68. The van der Waals surface area contributed by atoms with Crippen LogP contribution in [0.25, 0.3) is 0 Å². The number of benzene rings is 1. The summed E-state index contributed by atoms with van der Waals surface area (Å²) >= 11 is 6.06. The highest BCUT2D eigenvalue weighted by Gasteiger charge is 2.10. The smallest absolute Gasteiger partial charge is 0.0935 e. The Morgan fingerprint density at radius 2 is 2.07 bits per heavy atom. The van der Waals surface area contributed by atoms with Crippen LogP contribution in [0.4, 0.5) is 0 Å². The Labute approximate surface area is 93.7 Å². The lowest BCUT2D eigenvalue weighted by Crippen LogP contribution is -2.13. The fourth-order valence-corrected chi connectivity index (χ4v) is 1.82. The second kappa shape index (κ2) is 4.51. The number of furan rings is 1. The summed E-state index contributed by atoms with van der Waals surface area (Å²) in [6, 6.07) is 9.47. The predicted octanol–water partition coefficient (Wildman–Crippen LogP) is 3.18. The zero-order valence-corrected chi connectivity index (χ0v) is 8.95. The van der Waals surface area contributed by atoms with Crippen LogP contribution >= 0.6 is 11.6 Å². The van der Waals surface area contributed by atoms with Crippen molar-refractivity contribution in [3.8, 4) is 0 Å². The summed E-state index contributed by atoms with van der Waals surface area (Å²) in [6.45, 7) is 0. The van der Waals surface area contributed by atoms with Crippen molar-refractivity contribution in [2.45, 2.75) is 12.5 Å². The maximum atomic E-state index is 6.06. The minimum absolute atomic E-state index is 0.0868. The first-order chi connectivity index (χ1) is 7.27. The Bertz CT molecular complexity index is 425. The van der Waals surface area contributed by atoms with E-state index in [2.05, 4.69) is 0 Å². The molecule has 2 N–H and O–H groups in total. The van der Waals surface area contributed by atoms with Crippen LogP contribution in [-0.2, 0) is 6.42 Å². The van der Waals surface area contributed by atoms with Gasteiger partial charge in [-0.15, -0.1) is 0 Å². The van der Waals surface area contributed by atoms with Crippen LogP contribution in [-0.4, -0.2) is 0 Å². The zero-order chi connectivity index (χ0) is 10.7. The lowest BCUT2D eigenvalue weighted by atomic mass is 10.0. The van der Waals surface area contributed by atoms with Gasteiger partial charge in [0.15, 0.2) is 0 Å². The molecule has 0 aliphatic heterocycles. The van der Waals surface area contributed by atoms with E-state index in [-0.39, 0.29) is 6.04 Å². The standard InChI is InChI=1S/C12H12ClNO/c13-11-4-2-1-3-10(11)12(14)7-9-5-6-15-8-9/h1-6,8,12H,7,14H2. The number of rotatable bonds is 3. The number of nitrogens with two attached hydrogens (primary N) is 1. The summed E-state index contributed by atoms with van der Waals surface area (Å²) in [5, 5.41) is 0.716. The van der Waals surface area contributed by atoms with Crippen molar-refractivity contribution < 1.29 is 4.42 Å². The molecule has 0 fully saturated rings. The van der Waals surface area contributed by atoms with Crippen LogP contribution in [0.2, 0.25) is 5.02 Å². The molecule has 2 aromatic rings. The topological polar surface area (TPSA) is 39.2 Å². The quantitative estimate of drug-likeness (QED) is 0.865. The van der Waals surface area contributed by atoms with Crippen LogP contribution < -0.4 is 5.73 Å². The Balaban J connectivity index is 2.15. The van der Waals surface area contributed by atoms with Gasteiger partial charge >= 0.3 is 0 Å². The van der Waals surface area contributed by atoms with E-state index in [1.807, 2.05) is 30.3 Å². The molecular formula is C12H12ClNO. The molecule has 1 atom stereocenters. The number of hydrogen-bond donors (Lipinski definition) is 1. The van der Waals surface area contributed by atoms with Crippen molar-refractivity contribution in [3.63, 3.8) is 0 Å². The average Bonchev–Trinajstić information content (AvgIpc) is 2.71. The van der Waals surface area contributed by atoms with Crippen LogP contribution in [0.5, 0.6) is 0 Å². The van der Waals surface area contributed by atoms with Gasteiger partial charge in [-0.25, -0.2) is 0 Å². The molecule has 3 heteroatoms. The highest BCUT2D eigenvalue weighted by Crippen LogP contribution is 2.23. The predicted molar refractivity (Wildman–Crippen MR) is 60.8 cm³/mol. The highest BCUT2D eigenvalue weighted by molar-refractivity contribution is 6.31. The average molecular weight is 222 g/mol. The molecule has 1 unspecified atom stereocenters. The Kier molecular flexibility index (Phi) is 3.09. The van der Waals surface area contributed by atoms with Crippen LogP contribution in [0.1, 0.15) is 17.2 Å². The molecule has 1 aromatic carbocycles. The SMILES string of the molecule is NC(Cc1ccoc1)c1ccccc1Cl. The third-order valence-electron chi connectivity index (χ3n) is 2.34. The Morgan fingerprint density at radius 1 is 1.27 bits per heavy atom. The first-order valence-electron chi connectivity index (χ1n) is 4.78. The van der Waals surface area contributed by atoms with Crippen molar-refractivity contribution >= 4 is 11.6 Å². The van der Waals surface area contributed by atoms with Gasteiger partial charge in [-0.2, -0.15) is 0 Å². The molecule has 0 saturated carbocycles. The summed E-state index contributed by atoms with van der Waals surface area (Å²) in [5.41, 5.74) is 8.12. The van der Waals surface area contributed by atoms with Crippen molar-refractivity contribution in [2.75, 3.05) is 0 Å². The van der Waals surface area contributed by atoms with Crippen molar-refractivity contribution in [3.05, 3.63) is 59.0 Å². The summed E-state index contributed by atoms with van der Waals surface area (Å²) in [7, 11) is 0. The van der Waals surface area contributed by atoms with Crippen molar-refractivity contribution in [1.82, 2.24) is 0 Å². The maximum absolute atomic E-state index is 6.06. The minimum Gasteiger partial charge on any atom is -0.472 e. The molecule has 2 nitrogen and oxygen atoms in total. The van der Waals surface area contributed by atoms with E-state index in [0.29, 0.717) is 5.02 Å². The van der Waals surface area contributed by atoms with E-state index in [1.54, 1.807) is 12.5 Å². The van der Waals surface area contributed by atoms with Crippen LogP contribution in [0.15, 0.2) is 47.3 Å². The normalized spacial score (nSPS) is 12.7. The molecule has 78 valence electrons. The second-order valence-corrected chi connectivity index (χ2v) is 3.87. The lowest BCUT2D eigenvalue weighted by Gasteiger charge is -2.12. The molecule has 1 heterocycles. The molecule has 0 aliphatic rings. The van der Waals surface area contributed by atoms with E-state index in [4.69, 9.17) is 21.8 Å². The molecule has 0 amide bonds. The third kappa shape index (κ3) is 2.41. The monoisotopic (exact) mass is 221 g/mol. The molecule has 0 aliphatic carbocycles. The fraction of sp³-hybridized carbons (Fsp3) is 0.167. The molecular weight excluding hydrogens is 210 g/mol. The van der Waals surface area contributed by atoms with Gasteiger partial charge in [0, 0.05) is 11.1 Å². The van der Waals surface area contributed by atoms with Gasteiger partial charge in [-0.3, -0.25) is 0 Å². The molecule has 15 heavy (non-hydrogen) atoms. The fourth-order valence-electron chi connectivity index (χ4n) is 1.55. The first-order valence-corrected chi connectivity index (χ1v) is 5.16. The van der Waals surface area contributed by atoms with Gasteiger partial charge < -0.3 is 10.2 Å².